The number of anilines is 2. The Labute approximate surface area is 167 Å². The van der Waals surface area contributed by atoms with Crippen LogP contribution in [0.5, 0.6) is 0 Å². The van der Waals surface area contributed by atoms with Gasteiger partial charge in [-0.25, -0.2) is 0 Å². The molecule has 0 saturated heterocycles. The normalized spacial score (nSPS) is 11.3. The fourth-order valence-electron chi connectivity index (χ4n) is 2.85. The highest BCUT2D eigenvalue weighted by Gasteiger charge is 2.24. The van der Waals surface area contributed by atoms with E-state index in [1.54, 1.807) is 24.3 Å². The van der Waals surface area contributed by atoms with E-state index in [9.17, 15) is 19.7 Å². The molecule has 0 saturated carbocycles. The number of nitrogens with zero attached hydrogens (tertiary/aromatic N) is 1. The number of rotatable bonds is 5. The van der Waals surface area contributed by atoms with E-state index in [1.807, 2.05) is 20.8 Å². The van der Waals surface area contributed by atoms with Crippen molar-refractivity contribution < 1.29 is 18.9 Å². The first kappa shape index (κ1) is 20.1. The SMILES string of the molecule is CC(C)(C)CC(=O)Nc1c(C(=O)Nc2ccc([N+](=O)[O-])cc2)oc2ccccc12. The lowest BCUT2D eigenvalue weighted by Crippen LogP contribution is -2.21. The Morgan fingerprint density at radius 2 is 1.69 bits per heavy atom. The third kappa shape index (κ3) is 4.78. The first-order valence-electron chi connectivity index (χ1n) is 9.01. The van der Waals surface area contributed by atoms with E-state index in [1.165, 1.54) is 24.3 Å². The van der Waals surface area contributed by atoms with Crippen LogP contribution < -0.4 is 10.6 Å². The number of benzene rings is 2. The summed E-state index contributed by atoms with van der Waals surface area (Å²) >= 11 is 0. The lowest BCUT2D eigenvalue weighted by atomic mass is 9.92. The molecule has 2 amide bonds. The molecule has 2 aromatic carbocycles. The summed E-state index contributed by atoms with van der Waals surface area (Å²) in [5.41, 5.74) is 0.835. The summed E-state index contributed by atoms with van der Waals surface area (Å²) in [5, 5.41) is 16.8. The summed E-state index contributed by atoms with van der Waals surface area (Å²) in [6.45, 7) is 5.84. The minimum atomic E-state index is -0.568. The zero-order chi connectivity index (χ0) is 21.2. The second-order valence-electron chi connectivity index (χ2n) is 7.85. The van der Waals surface area contributed by atoms with Crippen molar-refractivity contribution in [2.45, 2.75) is 27.2 Å². The molecule has 3 aromatic rings. The van der Waals surface area contributed by atoms with E-state index < -0.39 is 10.8 Å². The highest BCUT2D eigenvalue weighted by Crippen LogP contribution is 2.32. The van der Waals surface area contributed by atoms with Crippen LogP contribution in [0.2, 0.25) is 0 Å². The topological polar surface area (TPSA) is 114 Å². The summed E-state index contributed by atoms with van der Waals surface area (Å²) in [4.78, 5) is 35.5. The maximum atomic E-state index is 12.8. The predicted molar refractivity (Wildman–Crippen MR) is 110 cm³/mol. The van der Waals surface area contributed by atoms with Gasteiger partial charge >= 0.3 is 0 Å². The number of nitro groups is 1. The number of furan rings is 1. The molecule has 29 heavy (non-hydrogen) atoms. The van der Waals surface area contributed by atoms with Gasteiger partial charge in [-0.2, -0.15) is 0 Å². The van der Waals surface area contributed by atoms with Crippen molar-refractivity contribution in [3.63, 3.8) is 0 Å². The largest absolute Gasteiger partial charge is 0.449 e. The first-order chi connectivity index (χ1) is 13.6. The van der Waals surface area contributed by atoms with Crippen molar-refractivity contribution in [3.05, 3.63) is 64.4 Å². The van der Waals surface area contributed by atoms with Crippen molar-refractivity contribution in [2.24, 2.45) is 5.41 Å². The number of nitrogens with one attached hydrogen (secondary N) is 2. The smallest absolute Gasteiger partial charge is 0.293 e. The van der Waals surface area contributed by atoms with Gasteiger partial charge in [-0.3, -0.25) is 19.7 Å². The van der Waals surface area contributed by atoms with E-state index in [0.29, 0.717) is 22.3 Å². The Morgan fingerprint density at radius 1 is 1.03 bits per heavy atom. The number of hydrogen-bond donors (Lipinski definition) is 2. The molecule has 1 heterocycles. The molecule has 2 N–H and O–H groups in total. The van der Waals surface area contributed by atoms with Gasteiger partial charge in [0.25, 0.3) is 11.6 Å². The third-order valence-electron chi connectivity index (χ3n) is 4.09. The number of nitro benzene ring substituents is 1. The van der Waals surface area contributed by atoms with Gasteiger partial charge in [0.15, 0.2) is 0 Å². The van der Waals surface area contributed by atoms with Gasteiger partial charge in [0.2, 0.25) is 11.7 Å². The number of non-ortho nitro benzene ring substituents is 1. The van der Waals surface area contributed by atoms with Crippen LogP contribution in [0.1, 0.15) is 37.7 Å². The molecule has 0 unspecified atom stereocenters. The number of para-hydroxylation sites is 1. The first-order valence-corrected chi connectivity index (χ1v) is 9.01. The molecule has 0 fully saturated rings. The van der Waals surface area contributed by atoms with Crippen LogP contribution in [0.25, 0.3) is 11.0 Å². The Kier molecular flexibility index (Phi) is 5.36. The molecule has 1 aromatic heterocycles. The molecular formula is C21H21N3O5. The van der Waals surface area contributed by atoms with Gasteiger partial charge in [-0.05, 0) is 29.7 Å². The molecule has 8 nitrogen and oxygen atoms in total. The van der Waals surface area contributed by atoms with Crippen LogP contribution >= 0.6 is 0 Å². The molecule has 3 rings (SSSR count). The number of amides is 2. The quantitative estimate of drug-likeness (QED) is 0.468. The van der Waals surface area contributed by atoms with Gasteiger partial charge in [-0.15, -0.1) is 0 Å². The van der Waals surface area contributed by atoms with Gasteiger partial charge in [0.1, 0.15) is 11.3 Å². The minimum absolute atomic E-state index is 0.0354. The van der Waals surface area contributed by atoms with Crippen LogP contribution in [0.15, 0.2) is 52.9 Å². The molecule has 0 radical (unpaired) electrons. The minimum Gasteiger partial charge on any atom is -0.449 e. The summed E-state index contributed by atoms with van der Waals surface area (Å²) in [6, 6.07) is 12.5. The highest BCUT2D eigenvalue weighted by molar-refractivity contribution is 6.14. The van der Waals surface area contributed by atoms with E-state index in [4.69, 9.17) is 4.42 Å². The van der Waals surface area contributed by atoms with Gasteiger partial charge < -0.3 is 15.1 Å². The number of carbonyl (C=O) groups excluding carboxylic acids is 2. The molecule has 150 valence electrons. The maximum Gasteiger partial charge on any atom is 0.293 e. The fourth-order valence-corrected chi connectivity index (χ4v) is 2.85. The van der Waals surface area contributed by atoms with Crippen molar-refractivity contribution >= 4 is 39.8 Å². The monoisotopic (exact) mass is 395 g/mol. The lowest BCUT2D eigenvalue weighted by molar-refractivity contribution is -0.384. The van der Waals surface area contributed by atoms with Crippen LogP contribution in [0.4, 0.5) is 17.1 Å². The third-order valence-corrected chi connectivity index (χ3v) is 4.09. The maximum absolute atomic E-state index is 12.8. The zero-order valence-corrected chi connectivity index (χ0v) is 16.3. The van der Waals surface area contributed by atoms with Crippen molar-refractivity contribution in [3.8, 4) is 0 Å². The number of fused-ring (bicyclic) bond motifs is 1. The van der Waals surface area contributed by atoms with Gasteiger partial charge in [-0.1, -0.05) is 32.9 Å². The standard InChI is InChI=1S/C21H21N3O5/c1-21(2,3)12-17(25)23-18-15-6-4-5-7-16(15)29-19(18)20(26)22-13-8-10-14(11-9-13)24(27)28/h4-11H,12H2,1-3H3,(H,22,26)(H,23,25). The second kappa shape index (κ2) is 7.75. The number of carbonyl (C=O) groups is 2. The van der Waals surface area contributed by atoms with Crippen LogP contribution in [-0.2, 0) is 4.79 Å². The van der Waals surface area contributed by atoms with E-state index >= 15 is 0 Å². The molecule has 0 spiro atoms. The summed E-state index contributed by atoms with van der Waals surface area (Å²) in [5.74, 6) is -0.832. The molecule has 0 atom stereocenters. The predicted octanol–water partition coefficient (Wildman–Crippen LogP) is 4.97. The van der Waals surface area contributed by atoms with Crippen molar-refractivity contribution in [1.82, 2.24) is 0 Å². The average Bonchev–Trinajstić information content (AvgIpc) is 2.99. The lowest BCUT2D eigenvalue weighted by Gasteiger charge is -2.17. The Hall–Kier alpha value is -3.68. The Morgan fingerprint density at radius 3 is 2.31 bits per heavy atom. The molecule has 0 aliphatic heterocycles. The van der Waals surface area contributed by atoms with Crippen LogP contribution in [0.3, 0.4) is 0 Å². The highest BCUT2D eigenvalue weighted by atomic mass is 16.6. The van der Waals surface area contributed by atoms with E-state index in [-0.39, 0.29) is 29.2 Å². The second-order valence-corrected chi connectivity index (χ2v) is 7.85. The van der Waals surface area contributed by atoms with Gasteiger partial charge in [0.05, 0.1) is 4.92 Å². The summed E-state index contributed by atoms with van der Waals surface area (Å²) in [7, 11) is 0. The van der Waals surface area contributed by atoms with E-state index in [2.05, 4.69) is 10.6 Å². The zero-order valence-electron chi connectivity index (χ0n) is 16.3. The van der Waals surface area contributed by atoms with Crippen LogP contribution in [-0.4, -0.2) is 16.7 Å². The summed E-state index contributed by atoms with van der Waals surface area (Å²) < 4.78 is 5.69. The van der Waals surface area contributed by atoms with Crippen LogP contribution in [0, 0.1) is 15.5 Å². The van der Waals surface area contributed by atoms with Gasteiger partial charge in [0, 0.05) is 29.6 Å². The Bertz CT molecular complexity index is 1080. The Balaban J connectivity index is 1.90. The molecule has 0 bridgehead atoms. The fraction of sp³-hybridized carbons (Fsp3) is 0.238. The van der Waals surface area contributed by atoms with Crippen molar-refractivity contribution in [2.75, 3.05) is 10.6 Å². The summed E-state index contributed by atoms with van der Waals surface area (Å²) in [6.07, 6.45) is 0.274. The molecule has 8 heteroatoms. The van der Waals surface area contributed by atoms with Crippen molar-refractivity contribution in [1.29, 1.82) is 0 Å². The molecular weight excluding hydrogens is 374 g/mol. The molecule has 0 aliphatic rings. The number of hydrogen-bond acceptors (Lipinski definition) is 5. The molecule has 0 aliphatic carbocycles. The average molecular weight is 395 g/mol. The van der Waals surface area contributed by atoms with E-state index in [0.717, 1.165) is 0 Å².